The summed E-state index contributed by atoms with van der Waals surface area (Å²) in [5, 5.41) is 6.28. The largest absolute Gasteiger partial charge is 0.272 e. The molecule has 0 saturated carbocycles. The molecule has 0 atom stereocenters. The number of aromatic nitrogens is 2. The topological polar surface area (TPSA) is 45.8 Å². The molecule has 1 aromatic heterocycles. The number of aromatic amines is 1. The molecule has 16 heavy (non-hydrogen) atoms. The number of halogens is 1. The highest BCUT2D eigenvalue weighted by Crippen LogP contribution is 2.20. The fourth-order valence-corrected chi connectivity index (χ4v) is 1.66. The predicted octanol–water partition coefficient (Wildman–Crippen LogP) is 2.71. The summed E-state index contributed by atoms with van der Waals surface area (Å²) in [6.07, 6.45) is 0. The highest BCUT2D eigenvalue weighted by atomic mass is 35.5. The first-order chi connectivity index (χ1) is 7.58. The van der Waals surface area contributed by atoms with E-state index >= 15 is 0 Å². The zero-order valence-corrected chi connectivity index (χ0v) is 9.80. The number of nitrogens with one attached hydrogen (secondary N) is 1. The molecule has 0 fully saturated rings. The molecule has 82 valence electrons. The van der Waals surface area contributed by atoms with Gasteiger partial charge in [-0.2, -0.15) is 5.10 Å². The molecule has 0 saturated heterocycles. The molecule has 4 heteroatoms. The molecule has 0 amide bonds. The van der Waals surface area contributed by atoms with Gasteiger partial charge in [0.2, 0.25) is 0 Å². The first-order valence-electron chi connectivity index (χ1n) is 4.91. The van der Waals surface area contributed by atoms with Crippen molar-refractivity contribution in [2.24, 2.45) is 0 Å². The Morgan fingerprint density at radius 1 is 1.19 bits per heavy atom. The van der Waals surface area contributed by atoms with Crippen LogP contribution in [0.1, 0.15) is 11.1 Å². The molecular weight excluding hydrogens is 224 g/mol. The smallest absolute Gasteiger partial charge is 0.267 e. The van der Waals surface area contributed by atoms with E-state index in [1.54, 1.807) is 6.07 Å². The summed E-state index contributed by atoms with van der Waals surface area (Å²) < 4.78 is 0. The summed E-state index contributed by atoms with van der Waals surface area (Å²) in [5.41, 5.74) is 3.51. The van der Waals surface area contributed by atoms with Crippen molar-refractivity contribution in [3.8, 4) is 11.1 Å². The molecule has 0 radical (unpaired) electrons. The molecule has 2 rings (SSSR count). The van der Waals surface area contributed by atoms with Gasteiger partial charge in [0.25, 0.3) is 5.56 Å². The predicted molar refractivity (Wildman–Crippen MR) is 64.8 cm³/mol. The maximum Gasteiger partial charge on any atom is 0.272 e. The number of rotatable bonds is 1. The average molecular weight is 235 g/mol. The van der Waals surface area contributed by atoms with Crippen molar-refractivity contribution in [3.05, 3.63) is 50.9 Å². The van der Waals surface area contributed by atoms with Gasteiger partial charge >= 0.3 is 0 Å². The van der Waals surface area contributed by atoms with Crippen LogP contribution in [0.15, 0.2) is 29.1 Å². The second kappa shape index (κ2) is 4.10. The lowest BCUT2D eigenvalue weighted by Crippen LogP contribution is -2.10. The van der Waals surface area contributed by atoms with Crippen LogP contribution in [0.4, 0.5) is 0 Å². The molecule has 0 aliphatic heterocycles. The molecule has 1 aromatic carbocycles. The Labute approximate surface area is 98.1 Å². The van der Waals surface area contributed by atoms with Gasteiger partial charge in [-0.3, -0.25) is 4.79 Å². The lowest BCUT2D eigenvalue weighted by Gasteiger charge is -2.04. The van der Waals surface area contributed by atoms with Crippen LogP contribution >= 0.6 is 11.6 Å². The van der Waals surface area contributed by atoms with E-state index in [0.717, 1.165) is 11.1 Å². The van der Waals surface area contributed by atoms with Crippen LogP contribution in [0, 0.1) is 13.8 Å². The van der Waals surface area contributed by atoms with Crippen molar-refractivity contribution in [3.63, 3.8) is 0 Å². The first kappa shape index (κ1) is 10.9. The van der Waals surface area contributed by atoms with Crippen LogP contribution in [0.5, 0.6) is 0 Å². The number of hydrogen-bond donors (Lipinski definition) is 1. The minimum atomic E-state index is -0.229. The second-order valence-corrected chi connectivity index (χ2v) is 4.12. The number of nitrogens with zero attached hydrogens (tertiary/aromatic N) is 1. The Hall–Kier alpha value is -1.61. The highest BCUT2D eigenvalue weighted by molar-refractivity contribution is 6.29. The molecule has 0 bridgehead atoms. The maximum absolute atomic E-state index is 11.6. The van der Waals surface area contributed by atoms with Gasteiger partial charge < -0.3 is 0 Å². The zero-order valence-electron chi connectivity index (χ0n) is 9.04. The summed E-state index contributed by atoms with van der Waals surface area (Å²) in [6, 6.07) is 7.43. The minimum Gasteiger partial charge on any atom is -0.267 e. The van der Waals surface area contributed by atoms with Gasteiger partial charge in [-0.1, -0.05) is 29.8 Å². The van der Waals surface area contributed by atoms with Crippen LogP contribution in [-0.4, -0.2) is 10.2 Å². The molecule has 0 unspecified atom stereocenters. The Bertz CT molecular complexity index is 590. The molecule has 0 aliphatic carbocycles. The molecule has 2 aromatic rings. The third-order valence-electron chi connectivity index (χ3n) is 2.59. The molecule has 3 nitrogen and oxygen atoms in total. The second-order valence-electron chi connectivity index (χ2n) is 3.73. The van der Waals surface area contributed by atoms with Crippen LogP contribution in [0.2, 0.25) is 5.15 Å². The van der Waals surface area contributed by atoms with E-state index in [1.807, 2.05) is 32.0 Å². The van der Waals surface area contributed by atoms with Crippen molar-refractivity contribution < 1.29 is 0 Å². The summed E-state index contributed by atoms with van der Waals surface area (Å²) >= 11 is 5.76. The summed E-state index contributed by atoms with van der Waals surface area (Å²) in [5.74, 6) is 0. The van der Waals surface area contributed by atoms with E-state index in [0.29, 0.717) is 5.56 Å². The maximum atomic E-state index is 11.6. The zero-order chi connectivity index (χ0) is 11.7. The third-order valence-corrected chi connectivity index (χ3v) is 2.78. The first-order valence-corrected chi connectivity index (χ1v) is 5.28. The lowest BCUT2D eigenvalue weighted by molar-refractivity contribution is 0.992. The Kier molecular flexibility index (Phi) is 2.79. The van der Waals surface area contributed by atoms with Gasteiger partial charge in [0.1, 0.15) is 5.15 Å². The van der Waals surface area contributed by atoms with Gasteiger partial charge in [0, 0.05) is 0 Å². The third kappa shape index (κ3) is 1.99. The highest BCUT2D eigenvalue weighted by Gasteiger charge is 2.05. The van der Waals surface area contributed by atoms with Crippen LogP contribution in [0.3, 0.4) is 0 Å². The van der Waals surface area contributed by atoms with Crippen molar-refractivity contribution >= 4 is 11.6 Å². The van der Waals surface area contributed by atoms with Crippen molar-refractivity contribution in [2.75, 3.05) is 0 Å². The van der Waals surface area contributed by atoms with E-state index < -0.39 is 0 Å². The van der Waals surface area contributed by atoms with E-state index in [1.165, 1.54) is 5.56 Å². The lowest BCUT2D eigenvalue weighted by atomic mass is 10.0. The number of H-pyrrole nitrogens is 1. The molecular formula is C12H11ClN2O. The van der Waals surface area contributed by atoms with E-state index in [9.17, 15) is 4.79 Å². The SMILES string of the molecule is Cc1ccc(-c2cc(Cl)n[nH]c2=O)cc1C. The van der Waals surface area contributed by atoms with Gasteiger partial charge in [-0.15, -0.1) is 0 Å². The summed E-state index contributed by atoms with van der Waals surface area (Å²) in [7, 11) is 0. The van der Waals surface area contributed by atoms with Gasteiger partial charge in [-0.25, -0.2) is 5.10 Å². The monoisotopic (exact) mass is 234 g/mol. The van der Waals surface area contributed by atoms with E-state index in [4.69, 9.17) is 11.6 Å². The number of aryl methyl sites for hydroxylation is 2. The normalized spacial score (nSPS) is 10.4. The Morgan fingerprint density at radius 2 is 1.94 bits per heavy atom. The quantitative estimate of drug-likeness (QED) is 0.825. The number of benzene rings is 1. The van der Waals surface area contributed by atoms with Gasteiger partial charge in [-0.05, 0) is 36.6 Å². The Balaban J connectivity index is 2.63. The minimum absolute atomic E-state index is 0.229. The Morgan fingerprint density at radius 3 is 2.62 bits per heavy atom. The van der Waals surface area contributed by atoms with Crippen molar-refractivity contribution in [2.45, 2.75) is 13.8 Å². The van der Waals surface area contributed by atoms with Crippen molar-refractivity contribution in [1.82, 2.24) is 10.2 Å². The van der Waals surface area contributed by atoms with Crippen LogP contribution in [-0.2, 0) is 0 Å². The van der Waals surface area contributed by atoms with Crippen LogP contribution in [0.25, 0.3) is 11.1 Å². The van der Waals surface area contributed by atoms with Crippen molar-refractivity contribution in [1.29, 1.82) is 0 Å². The van der Waals surface area contributed by atoms with Crippen LogP contribution < -0.4 is 5.56 Å². The van der Waals surface area contributed by atoms with E-state index in [2.05, 4.69) is 10.2 Å². The molecule has 0 spiro atoms. The fourth-order valence-electron chi connectivity index (χ4n) is 1.50. The molecule has 1 N–H and O–H groups in total. The fraction of sp³-hybridized carbons (Fsp3) is 0.167. The standard InChI is InChI=1S/C12H11ClN2O/c1-7-3-4-9(5-8(7)2)10-6-11(13)14-15-12(10)16/h3-6H,1-2H3,(H,15,16). The molecule has 0 aliphatic rings. The number of hydrogen-bond acceptors (Lipinski definition) is 2. The summed E-state index contributed by atoms with van der Waals surface area (Å²) in [6.45, 7) is 4.04. The average Bonchev–Trinajstić information content (AvgIpc) is 2.26. The van der Waals surface area contributed by atoms with Gasteiger partial charge in [0.05, 0.1) is 5.56 Å². The van der Waals surface area contributed by atoms with Gasteiger partial charge in [0.15, 0.2) is 0 Å². The van der Waals surface area contributed by atoms with E-state index in [-0.39, 0.29) is 10.7 Å². The molecule has 1 heterocycles. The summed E-state index contributed by atoms with van der Waals surface area (Å²) in [4.78, 5) is 11.6.